The van der Waals surface area contributed by atoms with Crippen LogP contribution in [0.2, 0.25) is 0 Å². The molecular weight excluding hydrogens is 697 g/mol. The summed E-state index contributed by atoms with van der Waals surface area (Å²) in [6, 6.07) is 64.9. The van der Waals surface area contributed by atoms with Crippen molar-refractivity contribution < 1.29 is 0 Å². The van der Waals surface area contributed by atoms with Crippen LogP contribution < -0.4 is 0 Å². The molecule has 0 amide bonds. The lowest BCUT2D eigenvalue weighted by molar-refractivity contribution is 0.490. The Balaban J connectivity index is 0.981. The van der Waals surface area contributed by atoms with Gasteiger partial charge < -0.3 is 0 Å². The summed E-state index contributed by atoms with van der Waals surface area (Å²) < 4.78 is 0. The van der Waals surface area contributed by atoms with Crippen molar-refractivity contribution in [1.29, 1.82) is 0 Å². The zero-order valence-electron chi connectivity index (χ0n) is 34.0. The van der Waals surface area contributed by atoms with Gasteiger partial charge in [0.15, 0.2) is 0 Å². The van der Waals surface area contributed by atoms with Gasteiger partial charge >= 0.3 is 0 Å². The van der Waals surface area contributed by atoms with E-state index >= 15 is 0 Å². The van der Waals surface area contributed by atoms with E-state index in [4.69, 9.17) is 0 Å². The molecular formula is C58H48. The minimum absolute atomic E-state index is 0.0416. The zero-order valence-corrected chi connectivity index (χ0v) is 34.0. The van der Waals surface area contributed by atoms with Crippen LogP contribution in [0.25, 0.3) is 88.0 Å². The van der Waals surface area contributed by atoms with Gasteiger partial charge in [-0.15, -0.1) is 0 Å². The van der Waals surface area contributed by atoms with Crippen molar-refractivity contribution in [2.75, 3.05) is 0 Å². The number of hydrogen-bond donors (Lipinski definition) is 0. The van der Waals surface area contributed by atoms with Crippen LogP contribution in [0.15, 0.2) is 170 Å². The Morgan fingerprint density at radius 2 is 0.603 bits per heavy atom. The van der Waals surface area contributed by atoms with Gasteiger partial charge in [-0.05, 0) is 166 Å². The van der Waals surface area contributed by atoms with Gasteiger partial charge in [0.1, 0.15) is 0 Å². The van der Waals surface area contributed by atoms with Crippen LogP contribution in [0, 0.1) is 0 Å². The summed E-state index contributed by atoms with van der Waals surface area (Å²) in [5.74, 6) is 0. The van der Waals surface area contributed by atoms with Gasteiger partial charge in [0.05, 0.1) is 0 Å². The molecule has 0 radical (unpaired) electrons. The second kappa shape index (κ2) is 13.2. The Morgan fingerprint density at radius 3 is 1.09 bits per heavy atom. The maximum absolute atomic E-state index is 2.54. The van der Waals surface area contributed by atoms with Crippen molar-refractivity contribution in [1.82, 2.24) is 0 Å². The first-order chi connectivity index (χ1) is 28.5. The first kappa shape index (κ1) is 35.0. The third-order valence-corrected chi connectivity index (χ3v) is 14.6. The van der Waals surface area contributed by atoms with E-state index in [1.54, 1.807) is 0 Å². The molecule has 9 aromatic rings. The maximum Gasteiger partial charge on any atom is 0.0210 e. The third kappa shape index (κ3) is 4.81. The van der Waals surface area contributed by atoms with Crippen LogP contribution in [0.1, 0.15) is 75.6 Å². The maximum atomic E-state index is 2.54. The molecule has 0 heterocycles. The van der Waals surface area contributed by atoms with E-state index in [1.165, 1.54) is 110 Å². The van der Waals surface area contributed by atoms with E-state index < -0.39 is 0 Å². The van der Waals surface area contributed by atoms with Crippen molar-refractivity contribution in [3.05, 3.63) is 192 Å². The zero-order chi connectivity index (χ0) is 39.2. The molecule has 280 valence electrons. The number of rotatable bonds is 7. The average Bonchev–Trinajstić information content (AvgIpc) is 3.74. The molecule has 2 aliphatic rings. The summed E-state index contributed by atoms with van der Waals surface area (Å²) in [7, 11) is 0. The molecule has 0 fully saturated rings. The minimum Gasteiger partial charge on any atom is -0.0642 e. The summed E-state index contributed by atoms with van der Waals surface area (Å²) in [5, 5.41) is 7.86. The highest BCUT2D eigenvalue weighted by molar-refractivity contribution is 6.25. The molecule has 9 aromatic carbocycles. The fraction of sp³-hybridized carbons (Fsp3) is 0.172. The Bertz CT molecular complexity index is 3080. The number of hydrogen-bond acceptors (Lipinski definition) is 0. The summed E-state index contributed by atoms with van der Waals surface area (Å²) in [6.45, 7) is 9.50. The average molecular weight is 745 g/mol. The minimum atomic E-state index is -0.0416. The van der Waals surface area contributed by atoms with Crippen LogP contribution in [0.5, 0.6) is 0 Å². The lowest BCUT2D eigenvalue weighted by Crippen LogP contribution is -2.23. The normalized spacial score (nSPS) is 14.4. The molecule has 0 saturated carbocycles. The van der Waals surface area contributed by atoms with E-state index in [0.717, 1.165) is 25.7 Å². The molecule has 0 aromatic heterocycles. The fourth-order valence-corrected chi connectivity index (χ4v) is 11.5. The van der Waals surface area contributed by atoms with Crippen LogP contribution in [0.4, 0.5) is 0 Å². The quantitative estimate of drug-likeness (QED) is 0.143. The third-order valence-electron chi connectivity index (χ3n) is 14.6. The molecule has 0 saturated heterocycles. The Labute approximate surface area is 342 Å². The summed E-state index contributed by atoms with van der Waals surface area (Å²) in [5.41, 5.74) is 19.2. The van der Waals surface area contributed by atoms with Crippen LogP contribution in [-0.4, -0.2) is 0 Å². The van der Waals surface area contributed by atoms with Gasteiger partial charge in [0.25, 0.3) is 0 Å². The van der Waals surface area contributed by atoms with Crippen molar-refractivity contribution >= 4 is 32.3 Å². The molecule has 0 spiro atoms. The second-order valence-electron chi connectivity index (χ2n) is 16.8. The highest BCUT2D eigenvalue weighted by Crippen LogP contribution is 2.56. The van der Waals surface area contributed by atoms with Gasteiger partial charge in [-0.2, -0.15) is 0 Å². The number of benzene rings is 9. The Kier molecular flexibility index (Phi) is 7.93. The van der Waals surface area contributed by atoms with Crippen molar-refractivity contribution in [3.8, 4) is 55.6 Å². The van der Waals surface area contributed by atoms with E-state index in [0.29, 0.717) is 0 Å². The molecule has 0 N–H and O–H groups in total. The van der Waals surface area contributed by atoms with E-state index in [1.807, 2.05) is 0 Å². The highest BCUT2D eigenvalue weighted by Gasteiger charge is 2.42. The molecule has 0 nitrogen and oxygen atoms in total. The molecule has 0 bridgehead atoms. The van der Waals surface area contributed by atoms with E-state index in [-0.39, 0.29) is 10.8 Å². The highest BCUT2D eigenvalue weighted by atomic mass is 14.5. The van der Waals surface area contributed by atoms with E-state index in [2.05, 4.69) is 198 Å². The molecule has 11 rings (SSSR count). The molecule has 0 unspecified atom stereocenters. The van der Waals surface area contributed by atoms with Crippen molar-refractivity contribution in [2.45, 2.75) is 64.2 Å². The number of fused-ring (bicyclic) bond motifs is 12. The smallest absolute Gasteiger partial charge is 0.0210 e. The standard InChI is InChI=1S/C58H48/c1-5-57(6-2)53-23-14-13-22-48(53)49-29-26-41(35-54(49)57)42-27-31-51-50-30-25-40(34-55(50)58(7-3,8-4)56(51)36-42)38-17-15-16-37(32-38)39-24-28-47-45-20-10-9-18-43(45)44-19-11-12-21-46(44)52(47)33-39/h9-36H,5-8H2,1-4H3. The van der Waals surface area contributed by atoms with Crippen LogP contribution in [0.3, 0.4) is 0 Å². The van der Waals surface area contributed by atoms with Crippen LogP contribution in [-0.2, 0) is 10.8 Å². The topological polar surface area (TPSA) is 0 Å². The fourth-order valence-electron chi connectivity index (χ4n) is 11.5. The van der Waals surface area contributed by atoms with Gasteiger partial charge in [-0.1, -0.05) is 167 Å². The first-order valence-corrected chi connectivity index (χ1v) is 21.5. The summed E-state index contributed by atoms with van der Waals surface area (Å²) in [6.07, 6.45) is 4.33. The van der Waals surface area contributed by atoms with Gasteiger partial charge in [0.2, 0.25) is 0 Å². The van der Waals surface area contributed by atoms with Gasteiger partial charge in [-0.25, -0.2) is 0 Å². The largest absolute Gasteiger partial charge is 0.0642 e. The molecule has 0 atom stereocenters. The SMILES string of the molecule is CCC1(CC)c2ccccc2-c2ccc(-c3ccc4c(c3)C(CC)(CC)c3cc(-c5cccc(-c6ccc7c8ccccc8c8ccccc8c7c6)c5)ccc3-4)cc21. The van der Waals surface area contributed by atoms with E-state index in [9.17, 15) is 0 Å². The second-order valence-corrected chi connectivity index (χ2v) is 16.8. The lowest BCUT2D eigenvalue weighted by Gasteiger charge is -2.31. The predicted molar refractivity (Wildman–Crippen MR) is 249 cm³/mol. The molecule has 2 aliphatic carbocycles. The van der Waals surface area contributed by atoms with Gasteiger partial charge in [-0.3, -0.25) is 0 Å². The Hall–Kier alpha value is -6.24. The monoisotopic (exact) mass is 744 g/mol. The van der Waals surface area contributed by atoms with Crippen LogP contribution >= 0.6 is 0 Å². The summed E-state index contributed by atoms with van der Waals surface area (Å²) >= 11 is 0. The first-order valence-electron chi connectivity index (χ1n) is 21.5. The lowest BCUT2D eigenvalue weighted by atomic mass is 9.72. The molecule has 0 heteroatoms. The van der Waals surface area contributed by atoms with Gasteiger partial charge in [0, 0.05) is 10.8 Å². The molecule has 58 heavy (non-hydrogen) atoms. The molecule has 0 aliphatic heterocycles. The summed E-state index contributed by atoms with van der Waals surface area (Å²) in [4.78, 5) is 0. The van der Waals surface area contributed by atoms with Crippen molar-refractivity contribution in [3.63, 3.8) is 0 Å². The predicted octanol–water partition coefficient (Wildman–Crippen LogP) is 16.3. The van der Waals surface area contributed by atoms with Crippen molar-refractivity contribution in [2.24, 2.45) is 0 Å². The Morgan fingerprint density at radius 1 is 0.259 bits per heavy atom.